The first-order valence-corrected chi connectivity index (χ1v) is 12.8. The van der Waals surface area contributed by atoms with Crippen LogP contribution < -0.4 is 14.5 Å². The van der Waals surface area contributed by atoms with Gasteiger partial charge in [0.2, 0.25) is 12.2 Å². The van der Waals surface area contributed by atoms with Gasteiger partial charge in [-0.25, -0.2) is 19.4 Å². The van der Waals surface area contributed by atoms with E-state index in [2.05, 4.69) is 9.98 Å². The Labute approximate surface area is 243 Å². The van der Waals surface area contributed by atoms with Crippen molar-refractivity contribution in [2.75, 3.05) is 9.80 Å². The van der Waals surface area contributed by atoms with Crippen molar-refractivity contribution in [3.8, 4) is 11.5 Å². The third-order valence-electron chi connectivity index (χ3n) is 7.17. The molecule has 2 aliphatic rings. The highest BCUT2D eigenvalue weighted by molar-refractivity contribution is 6.35. The summed E-state index contributed by atoms with van der Waals surface area (Å²) in [5.74, 6) is -1.79. The fourth-order valence-electron chi connectivity index (χ4n) is 5.06. The zero-order valence-corrected chi connectivity index (χ0v) is 22.6. The number of aliphatic imine (C=N–C) groups is 2. The van der Waals surface area contributed by atoms with Crippen molar-refractivity contribution in [1.82, 2.24) is 0 Å². The molecule has 0 unspecified atom stereocenters. The van der Waals surface area contributed by atoms with Gasteiger partial charge in [-0.3, -0.25) is 19.2 Å². The summed E-state index contributed by atoms with van der Waals surface area (Å²) < 4.78 is 5.95. The largest absolute Gasteiger partial charge is 0.457 e. The maximum atomic E-state index is 13.4. The number of rotatable bonds is 6. The SMILES string of the molecule is Cc1ccc(N=C=O)cc1N1C(=O)c2ccc(Oc3ccc4c(c3)C(=O)N(c3cc(N=C=O)ccc3C)C4=O)cc2C1=O. The Bertz CT molecular complexity index is 1890. The highest BCUT2D eigenvalue weighted by Gasteiger charge is 2.39. The number of amides is 4. The molecule has 0 N–H and O–H groups in total. The molecule has 4 aromatic carbocycles. The summed E-state index contributed by atoms with van der Waals surface area (Å²) in [4.78, 5) is 83.7. The van der Waals surface area contributed by atoms with Crippen LogP contribution >= 0.6 is 0 Å². The third-order valence-corrected chi connectivity index (χ3v) is 7.17. The Morgan fingerprint density at radius 1 is 0.535 bits per heavy atom. The third kappa shape index (κ3) is 4.43. The van der Waals surface area contributed by atoms with Crippen molar-refractivity contribution in [3.63, 3.8) is 0 Å². The van der Waals surface area contributed by atoms with Crippen LogP contribution in [0.25, 0.3) is 0 Å². The molecule has 0 saturated carbocycles. The summed E-state index contributed by atoms with van der Waals surface area (Å²) in [5.41, 5.74) is 2.88. The molecular weight excluding hydrogens is 552 g/mol. The maximum Gasteiger partial charge on any atom is 0.266 e. The van der Waals surface area contributed by atoms with Crippen LogP contribution in [0.5, 0.6) is 11.5 Å². The van der Waals surface area contributed by atoms with E-state index in [1.165, 1.54) is 60.7 Å². The second-order valence-corrected chi connectivity index (χ2v) is 9.76. The van der Waals surface area contributed by atoms with Crippen LogP contribution in [0.15, 0.2) is 82.8 Å². The summed E-state index contributed by atoms with van der Waals surface area (Å²) in [5, 5.41) is 0. The number of ether oxygens (including phenoxy) is 1. The second kappa shape index (κ2) is 10.3. The normalized spacial score (nSPS) is 13.4. The lowest BCUT2D eigenvalue weighted by molar-refractivity contribution is 0.0910. The van der Waals surface area contributed by atoms with Crippen molar-refractivity contribution in [1.29, 1.82) is 0 Å². The predicted octanol–water partition coefficient (Wildman–Crippen LogP) is 5.63. The van der Waals surface area contributed by atoms with Crippen LogP contribution in [0, 0.1) is 13.8 Å². The van der Waals surface area contributed by atoms with Gasteiger partial charge in [-0.2, -0.15) is 9.98 Å². The van der Waals surface area contributed by atoms with Crippen molar-refractivity contribution in [2.24, 2.45) is 9.98 Å². The van der Waals surface area contributed by atoms with Gasteiger partial charge in [0.15, 0.2) is 0 Å². The molecule has 208 valence electrons. The summed E-state index contributed by atoms with van der Waals surface area (Å²) in [6, 6.07) is 18.2. The maximum absolute atomic E-state index is 13.4. The summed E-state index contributed by atoms with van der Waals surface area (Å²) >= 11 is 0. The lowest BCUT2D eigenvalue weighted by Crippen LogP contribution is -2.30. The Morgan fingerprint density at radius 2 is 0.930 bits per heavy atom. The first-order valence-electron chi connectivity index (χ1n) is 12.8. The molecule has 0 fully saturated rings. The first kappa shape index (κ1) is 26.9. The fraction of sp³-hybridized carbons (Fsp3) is 0.0625. The number of imide groups is 2. The topological polar surface area (TPSA) is 143 Å². The quantitative estimate of drug-likeness (QED) is 0.166. The molecule has 43 heavy (non-hydrogen) atoms. The average Bonchev–Trinajstić information content (AvgIpc) is 3.38. The molecule has 0 aliphatic carbocycles. The lowest BCUT2D eigenvalue weighted by atomic mass is 10.1. The highest BCUT2D eigenvalue weighted by atomic mass is 16.5. The molecule has 0 saturated heterocycles. The van der Waals surface area contributed by atoms with Crippen LogP contribution in [-0.4, -0.2) is 35.8 Å². The molecular formula is C32H18N4O7. The van der Waals surface area contributed by atoms with E-state index in [1.807, 2.05) is 0 Å². The number of hydrogen-bond acceptors (Lipinski definition) is 9. The first-order chi connectivity index (χ1) is 20.7. The number of benzene rings is 4. The van der Waals surface area contributed by atoms with E-state index < -0.39 is 23.6 Å². The molecule has 0 aromatic heterocycles. The molecule has 11 heteroatoms. The second-order valence-electron chi connectivity index (χ2n) is 9.76. The van der Waals surface area contributed by atoms with Gasteiger partial charge in [0.05, 0.1) is 45.0 Å². The molecule has 2 aliphatic heterocycles. The molecule has 0 bridgehead atoms. The summed E-state index contributed by atoms with van der Waals surface area (Å²) in [7, 11) is 0. The van der Waals surface area contributed by atoms with Gasteiger partial charge in [-0.15, -0.1) is 0 Å². The van der Waals surface area contributed by atoms with Crippen LogP contribution in [0.3, 0.4) is 0 Å². The monoisotopic (exact) mass is 570 g/mol. The van der Waals surface area contributed by atoms with Crippen LogP contribution in [0.1, 0.15) is 52.6 Å². The molecule has 0 spiro atoms. The van der Waals surface area contributed by atoms with Crippen molar-refractivity contribution in [2.45, 2.75) is 13.8 Å². The van der Waals surface area contributed by atoms with Crippen LogP contribution in [0.2, 0.25) is 0 Å². The molecule has 0 atom stereocenters. The van der Waals surface area contributed by atoms with Gasteiger partial charge in [0.25, 0.3) is 23.6 Å². The number of anilines is 2. The Balaban J connectivity index is 1.29. The molecule has 11 nitrogen and oxygen atoms in total. The molecule has 0 radical (unpaired) electrons. The zero-order valence-electron chi connectivity index (χ0n) is 22.6. The van der Waals surface area contributed by atoms with E-state index in [0.29, 0.717) is 11.1 Å². The van der Waals surface area contributed by atoms with Gasteiger partial charge in [-0.05, 0) is 85.6 Å². The molecule has 6 rings (SSSR count). The number of fused-ring (bicyclic) bond motifs is 2. The molecule has 2 heterocycles. The number of carbonyl (C=O) groups excluding carboxylic acids is 6. The van der Waals surface area contributed by atoms with Crippen LogP contribution in [-0.2, 0) is 9.59 Å². The van der Waals surface area contributed by atoms with Gasteiger partial charge >= 0.3 is 0 Å². The van der Waals surface area contributed by atoms with E-state index in [0.717, 1.165) is 9.80 Å². The Morgan fingerprint density at radius 3 is 1.33 bits per heavy atom. The number of nitrogens with zero attached hydrogens (tertiary/aromatic N) is 4. The zero-order chi connectivity index (χ0) is 30.4. The molecule has 4 aromatic rings. The van der Waals surface area contributed by atoms with Gasteiger partial charge in [0.1, 0.15) is 11.5 Å². The smallest absolute Gasteiger partial charge is 0.266 e. The van der Waals surface area contributed by atoms with E-state index in [9.17, 15) is 28.8 Å². The van der Waals surface area contributed by atoms with Crippen molar-refractivity contribution >= 4 is 58.5 Å². The van der Waals surface area contributed by atoms with Gasteiger partial charge in [0, 0.05) is 0 Å². The van der Waals surface area contributed by atoms with Crippen LogP contribution in [0.4, 0.5) is 22.7 Å². The molecule has 4 amide bonds. The lowest BCUT2D eigenvalue weighted by Gasteiger charge is -2.16. The van der Waals surface area contributed by atoms with Crippen molar-refractivity contribution in [3.05, 3.63) is 106 Å². The minimum atomic E-state index is -0.581. The average molecular weight is 571 g/mol. The number of hydrogen-bond donors (Lipinski definition) is 0. The fourth-order valence-corrected chi connectivity index (χ4v) is 5.06. The minimum Gasteiger partial charge on any atom is -0.457 e. The van der Waals surface area contributed by atoms with Crippen molar-refractivity contribution < 1.29 is 33.5 Å². The van der Waals surface area contributed by atoms with Gasteiger partial charge in [-0.1, -0.05) is 12.1 Å². The minimum absolute atomic E-state index is 0.109. The predicted molar refractivity (Wildman–Crippen MR) is 153 cm³/mol. The van der Waals surface area contributed by atoms with E-state index >= 15 is 0 Å². The Kier molecular flexibility index (Phi) is 6.44. The summed E-state index contributed by atoms with van der Waals surface area (Å²) in [6.07, 6.45) is 2.89. The van der Waals surface area contributed by atoms with E-state index in [-0.39, 0.29) is 56.5 Å². The highest BCUT2D eigenvalue weighted by Crippen LogP contribution is 2.37. The number of aryl methyl sites for hydroxylation is 2. The number of isocyanates is 2. The number of carbonyl (C=O) groups is 4. The van der Waals surface area contributed by atoms with E-state index in [1.54, 1.807) is 38.1 Å². The summed E-state index contributed by atoms with van der Waals surface area (Å²) in [6.45, 7) is 3.44. The Hall–Kier alpha value is -6.28. The standard InChI is InChI=1S/C32H18N4O7/c1-17-3-5-19(33-15-37)11-27(17)35-29(39)23-9-7-21(13-25(23)31(35)41)43-22-8-10-24-26(14-22)32(42)36(30(24)40)28-12-20(34-16-38)6-4-18(28)2/h3-14H,1-2H3. The van der Waals surface area contributed by atoms with Gasteiger partial charge < -0.3 is 4.74 Å². The van der Waals surface area contributed by atoms with E-state index in [4.69, 9.17) is 4.74 Å².